The summed E-state index contributed by atoms with van der Waals surface area (Å²) >= 11 is 3.41. The lowest BCUT2D eigenvalue weighted by atomic mass is 10.1. The summed E-state index contributed by atoms with van der Waals surface area (Å²) in [7, 11) is 0. The molecule has 0 aromatic heterocycles. The molecule has 1 aliphatic rings. The van der Waals surface area contributed by atoms with Gasteiger partial charge in [0.25, 0.3) is 0 Å². The van der Waals surface area contributed by atoms with E-state index >= 15 is 0 Å². The number of amides is 1. The number of carbonyl (C=O) groups is 1. The molecule has 0 bridgehead atoms. The van der Waals surface area contributed by atoms with E-state index in [-0.39, 0.29) is 30.1 Å². The number of aliphatic imine (C=N–C) groups is 1. The van der Waals surface area contributed by atoms with Crippen molar-refractivity contribution in [3.05, 3.63) is 28.7 Å². The van der Waals surface area contributed by atoms with Crippen molar-refractivity contribution in [2.45, 2.75) is 32.7 Å². The van der Waals surface area contributed by atoms with Gasteiger partial charge in [-0.3, -0.25) is 0 Å². The lowest BCUT2D eigenvalue weighted by Crippen LogP contribution is -2.50. The molecule has 158 valence electrons. The second kappa shape index (κ2) is 13.9. The van der Waals surface area contributed by atoms with Crippen LogP contribution in [0.1, 0.15) is 26.7 Å². The van der Waals surface area contributed by atoms with Crippen molar-refractivity contribution in [3.8, 4) is 5.75 Å². The van der Waals surface area contributed by atoms with E-state index in [1.807, 2.05) is 38.1 Å². The molecule has 1 aromatic carbocycles. The topological polar surface area (TPSA) is 75.2 Å². The van der Waals surface area contributed by atoms with Gasteiger partial charge in [0.1, 0.15) is 12.4 Å². The molecule has 1 amide bonds. The molecule has 1 heterocycles. The van der Waals surface area contributed by atoms with Gasteiger partial charge in [-0.05, 0) is 51.0 Å². The summed E-state index contributed by atoms with van der Waals surface area (Å²) in [5.41, 5.74) is 0. The highest BCUT2D eigenvalue weighted by molar-refractivity contribution is 14.0. The highest BCUT2D eigenvalue weighted by Gasteiger charge is 2.23. The van der Waals surface area contributed by atoms with Crippen molar-refractivity contribution < 1.29 is 14.3 Å². The molecule has 9 heteroatoms. The average molecular weight is 569 g/mol. The Labute approximate surface area is 192 Å². The van der Waals surface area contributed by atoms with Crippen molar-refractivity contribution in [2.24, 2.45) is 4.99 Å². The van der Waals surface area contributed by atoms with E-state index in [1.165, 1.54) is 0 Å². The molecule has 1 aliphatic heterocycles. The van der Waals surface area contributed by atoms with Gasteiger partial charge in [-0.1, -0.05) is 15.9 Å². The van der Waals surface area contributed by atoms with Gasteiger partial charge in [0.15, 0.2) is 5.96 Å². The summed E-state index contributed by atoms with van der Waals surface area (Å²) in [5, 5.41) is 6.72. The largest absolute Gasteiger partial charge is 0.492 e. The van der Waals surface area contributed by atoms with Gasteiger partial charge in [-0.25, -0.2) is 9.79 Å². The molecule has 0 radical (unpaired) electrons. The van der Waals surface area contributed by atoms with Gasteiger partial charge in [0.05, 0.1) is 13.2 Å². The molecule has 7 nitrogen and oxygen atoms in total. The van der Waals surface area contributed by atoms with Crippen molar-refractivity contribution in [1.82, 2.24) is 15.5 Å². The zero-order chi connectivity index (χ0) is 19.5. The Balaban J connectivity index is 0.00000392. The van der Waals surface area contributed by atoms with Crippen LogP contribution in [0.15, 0.2) is 33.7 Å². The van der Waals surface area contributed by atoms with Crippen LogP contribution in [0.3, 0.4) is 0 Å². The third-order valence-electron chi connectivity index (χ3n) is 4.15. The quantitative estimate of drug-likeness (QED) is 0.227. The molecule has 1 fully saturated rings. The number of piperidine rings is 1. The summed E-state index contributed by atoms with van der Waals surface area (Å²) in [4.78, 5) is 18.1. The lowest BCUT2D eigenvalue weighted by Gasteiger charge is -2.32. The Hall–Kier alpha value is -1.23. The second-order valence-corrected chi connectivity index (χ2v) is 7.08. The van der Waals surface area contributed by atoms with Crippen LogP contribution in [0.25, 0.3) is 0 Å². The number of guanidine groups is 1. The Morgan fingerprint density at radius 2 is 1.93 bits per heavy atom. The fourth-order valence-corrected chi connectivity index (χ4v) is 3.05. The van der Waals surface area contributed by atoms with Gasteiger partial charge in [-0.15, -0.1) is 24.0 Å². The van der Waals surface area contributed by atoms with E-state index < -0.39 is 0 Å². The molecule has 0 spiro atoms. The minimum atomic E-state index is -0.221. The van der Waals surface area contributed by atoms with Gasteiger partial charge in [-0.2, -0.15) is 0 Å². The van der Waals surface area contributed by atoms with Crippen molar-refractivity contribution >= 4 is 52.0 Å². The van der Waals surface area contributed by atoms with Crippen LogP contribution >= 0.6 is 39.9 Å². The molecule has 2 rings (SSSR count). The van der Waals surface area contributed by atoms with Crippen LogP contribution < -0.4 is 15.4 Å². The van der Waals surface area contributed by atoms with Gasteiger partial charge < -0.3 is 25.0 Å². The first-order valence-corrected chi connectivity index (χ1v) is 10.3. The Morgan fingerprint density at radius 1 is 1.25 bits per heavy atom. The maximum atomic E-state index is 11.8. The van der Waals surface area contributed by atoms with E-state index in [2.05, 4.69) is 31.6 Å². The van der Waals surface area contributed by atoms with Gasteiger partial charge >= 0.3 is 6.09 Å². The minimum Gasteiger partial charge on any atom is -0.492 e. The Kier molecular flexibility index (Phi) is 12.3. The molecule has 0 atom stereocenters. The van der Waals surface area contributed by atoms with Gasteiger partial charge in [0.2, 0.25) is 0 Å². The number of nitrogens with one attached hydrogen (secondary N) is 2. The van der Waals surface area contributed by atoms with Crippen molar-refractivity contribution in [1.29, 1.82) is 0 Å². The minimum absolute atomic E-state index is 0. The first-order valence-electron chi connectivity index (χ1n) is 9.47. The summed E-state index contributed by atoms with van der Waals surface area (Å²) in [6.45, 7) is 7.54. The molecule has 28 heavy (non-hydrogen) atoms. The fraction of sp³-hybridized carbons (Fsp3) is 0.579. The van der Waals surface area contributed by atoms with Crippen LogP contribution in [-0.4, -0.2) is 62.4 Å². The number of nitrogens with zero attached hydrogens (tertiary/aromatic N) is 2. The summed E-state index contributed by atoms with van der Waals surface area (Å²) in [6, 6.07) is 8.05. The molecule has 1 saturated heterocycles. The van der Waals surface area contributed by atoms with E-state index in [1.54, 1.807) is 4.90 Å². The number of hydrogen-bond donors (Lipinski definition) is 2. The molecular weight excluding hydrogens is 539 g/mol. The Morgan fingerprint density at radius 3 is 2.54 bits per heavy atom. The summed E-state index contributed by atoms with van der Waals surface area (Å²) in [6.07, 6.45) is 1.53. The maximum absolute atomic E-state index is 11.8. The van der Waals surface area contributed by atoms with E-state index in [0.717, 1.165) is 35.6 Å². The predicted octanol–water partition coefficient (Wildman–Crippen LogP) is 3.62. The van der Waals surface area contributed by atoms with Crippen molar-refractivity contribution in [2.75, 3.05) is 39.4 Å². The number of likely N-dealkylation sites (tertiary alicyclic amines) is 1. The zero-order valence-corrected chi connectivity index (χ0v) is 20.4. The second-order valence-electron chi connectivity index (χ2n) is 6.17. The standard InChI is InChI=1S/C19H29BrN4O3.HI/c1-3-21-18(22-11-14-27-17-7-5-15(20)6-8-17)23-16-9-12-24(13-10-16)19(25)26-4-2;/h5-8,16H,3-4,9-14H2,1-2H3,(H2,21,22,23);1H. The molecule has 0 aliphatic carbocycles. The van der Waals surface area contributed by atoms with Crippen molar-refractivity contribution in [3.63, 3.8) is 0 Å². The molecule has 2 N–H and O–H groups in total. The van der Waals surface area contributed by atoms with E-state index in [9.17, 15) is 4.79 Å². The molecule has 0 unspecified atom stereocenters. The first kappa shape index (κ1) is 24.8. The van der Waals surface area contributed by atoms with Crippen LogP contribution in [0.4, 0.5) is 4.79 Å². The number of hydrogen-bond acceptors (Lipinski definition) is 4. The monoisotopic (exact) mass is 568 g/mol. The SMILES string of the molecule is CCNC(=NCCOc1ccc(Br)cc1)NC1CCN(C(=O)OCC)CC1.I. The third-order valence-corrected chi connectivity index (χ3v) is 4.68. The summed E-state index contributed by atoms with van der Waals surface area (Å²) < 4.78 is 11.8. The maximum Gasteiger partial charge on any atom is 0.409 e. The highest BCUT2D eigenvalue weighted by atomic mass is 127. The zero-order valence-electron chi connectivity index (χ0n) is 16.4. The van der Waals surface area contributed by atoms with Crippen LogP contribution in [0.5, 0.6) is 5.75 Å². The Bertz CT molecular complexity index is 608. The normalized spacial score (nSPS) is 14.8. The number of halogens is 2. The number of rotatable bonds is 7. The van der Waals surface area contributed by atoms with E-state index in [0.29, 0.717) is 38.9 Å². The van der Waals surface area contributed by atoms with Crippen LogP contribution in [0.2, 0.25) is 0 Å². The third kappa shape index (κ3) is 8.85. The predicted molar refractivity (Wildman–Crippen MR) is 126 cm³/mol. The van der Waals surface area contributed by atoms with Crippen LogP contribution in [0, 0.1) is 0 Å². The molecule has 1 aromatic rings. The smallest absolute Gasteiger partial charge is 0.409 e. The number of benzene rings is 1. The lowest BCUT2D eigenvalue weighted by molar-refractivity contribution is 0.0963. The number of carbonyl (C=O) groups excluding carboxylic acids is 1. The highest BCUT2D eigenvalue weighted by Crippen LogP contribution is 2.16. The summed E-state index contributed by atoms with van der Waals surface area (Å²) in [5.74, 6) is 1.61. The van der Waals surface area contributed by atoms with Gasteiger partial charge in [0, 0.05) is 30.1 Å². The first-order chi connectivity index (χ1) is 13.1. The number of ether oxygens (including phenoxy) is 2. The molecule has 0 saturated carbocycles. The van der Waals surface area contributed by atoms with Crippen LogP contribution in [-0.2, 0) is 4.74 Å². The van der Waals surface area contributed by atoms with E-state index in [4.69, 9.17) is 9.47 Å². The average Bonchev–Trinajstić information content (AvgIpc) is 2.67. The fourth-order valence-electron chi connectivity index (χ4n) is 2.79. The molecular formula is C19H30BrIN4O3.